The zero-order chi connectivity index (χ0) is 17.0. The highest BCUT2D eigenvalue weighted by molar-refractivity contribution is 7.80. The first-order valence-electron chi connectivity index (χ1n) is 8.04. The van der Waals surface area contributed by atoms with Gasteiger partial charge in [0.1, 0.15) is 18.6 Å². The molecule has 1 aromatic carbocycles. The summed E-state index contributed by atoms with van der Waals surface area (Å²) in [7, 11) is 0. The number of hydrogen-bond donors (Lipinski definition) is 3. The fraction of sp³-hybridized carbons (Fsp3) is 0.588. The zero-order valence-corrected chi connectivity index (χ0v) is 16.0. The third kappa shape index (κ3) is 5.05. The van der Waals surface area contributed by atoms with Crippen LogP contribution in [0.1, 0.15) is 25.0 Å². The number of hydrogen-bond acceptors (Lipinski definition) is 2. The molecule has 1 aliphatic heterocycles. The summed E-state index contributed by atoms with van der Waals surface area (Å²) in [6, 6.07) is 4.04. The standard InChI is InChI=1S/C17H26ClN3OS/c1-12-9-13(2)15(14(18)10-12)20-16(23)19-11-17(3,4)21-5-7-22-8-6-21/h9-10H,5-8,11H2,1-4H3,(H2,19,20,23)/p+1. The summed E-state index contributed by atoms with van der Waals surface area (Å²) in [5, 5.41) is 7.88. The summed E-state index contributed by atoms with van der Waals surface area (Å²) in [4.78, 5) is 1.54. The van der Waals surface area contributed by atoms with E-state index in [0.29, 0.717) is 10.1 Å². The molecule has 0 aliphatic carbocycles. The van der Waals surface area contributed by atoms with E-state index in [2.05, 4.69) is 30.5 Å². The van der Waals surface area contributed by atoms with Crippen LogP contribution >= 0.6 is 23.8 Å². The van der Waals surface area contributed by atoms with Crippen molar-refractivity contribution in [1.29, 1.82) is 0 Å². The Bertz CT molecular complexity index is 548. The van der Waals surface area contributed by atoms with Gasteiger partial charge in [-0.05, 0) is 57.1 Å². The van der Waals surface area contributed by atoms with Crippen molar-refractivity contribution in [2.75, 3.05) is 38.2 Å². The van der Waals surface area contributed by atoms with Crippen LogP contribution in [0.3, 0.4) is 0 Å². The van der Waals surface area contributed by atoms with Crippen LogP contribution in [0.15, 0.2) is 12.1 Å². The number of ether oxygens (including phenoxy) is 1. The first-order valence-corrected chi connectivity index (χ1v) is 8.83. The predicted molar refractivity (Wildman–Crippen MR) is 101 cm³/mol. The molecule has 6 heteroatoms. The van der Waals surface area contributed by atoms with Gasteiger partial charge in [-0.15, -0.1) is 0 Å². The number of rotatable bonds is 4. The molecule has 3 N–H and O–H groups in total. The van der Waals surface area contributed by atoms with Gasteiger partial charge in [-0.1, -0.05) is 17.7 Å². The molecule has 1 fully saturated rings. The Morgan fingerprint density at radius 2 is 1.96 bits per heavy atom. The summed E-state index contributed by atoms with van der Waals surface area (Å²) >= 11 is 11.8. The molecule has 0 radical (unpaired) electrons. The highest BCUT2D eigenvalue weighted by Gasteiger charge is 2.32. The third-order valence-corrected chi connectivity index (χ3v) is 4.96. The Labute approximate surface area is 149 Å². The second kappa shape index (κ2) is 7.79. The molecule has 0 atom stereocenters. The van der Waals surface area contributed by atoms with E-state index in [-0.39, 0.29) is 5.54 Å². The van der Waals surface area contributed by atoms with E-state index < -0.39 is 0 Å². The summed E-state index contributed by atoms with van der Waals surface area (Å²) in [6.07, 6.45) is 0. The summed E-state index contributed by atoms with van der Waals surface area (Å²) in [5.74, 6) is 0. The van der Waals surface area contributed by atoms with Gasteiger partial charge in [0, 0.05) is 0 Å². The maximum atomic E-state index is 6.32. The number of nitrogens with one attached hydrogen (secondary N) is 3. The molecule has 0 unspecified atom stereocenters. The Balaban J connectivity index is 1.92. The first kappa shape index (κ1) is 18.5. The molecular weight excluding hydrogens is 330 g/mol. The van der Waals surface area contributed by atoms with Gasteiger partial charge >= 0.3 is 0 Å². The van der Waals surface area contributed by atoms with E-state index >= 15 is 0 Å². The van der Waals surface area contributed by atoms with Gasteiger partial charge in [0.05, 0.1) is 30.5 Å². The van der Waals surface area contributed by atoms with Crippen molar-refractivity contribution in [2.45, 2.75) is 33.2 Å². The quantitative estimate of drug-likeness (QED) is 0.721. The number of quaternary nitrogens is 1. The predicted octanol–water partition coefficient (Wildman–Crippen LogP) is 1.94. The Kier molecular flexibility index (Phi) is 6.26. The number of morpholine rings is 1. The van der Waals surface area contributed by atoms with Crippen molar-refractivity contribution < 1.29 is 9.64 Å². The molecule has 0 bridgehead atoms. The summed E-state index contributed by atoms with van der Waals surface area (Å²) in [5.41, 5.74) is 3.22. The number of aryl methyl sites for hydroxylation is 2. The minimum absolute atomic E-state index is 0.0988. The molecule has 4 nitrogen and oxygen atoms in total. The van der Waals surface area contributed by atoms with Gasteiger partial charge in [-0.25, -0.2) is 0 Å². The van der Waals surface area contributed by atoms with Crippen LogP contribution in [0.2, 0.25) is 5.02 Å². The molecule has 2 rings (SSSR count). The Morgan fingerprint density at radius 1 is 1.30 bits per heavy atom. The second-order valence-electron chi connectivity index (χ2n) is 6.85. The normalized spacial score (nSPS) is 16.2. The summed E-state index contributed by atoms with van der Waals surface area (Å²) in [6.45, 7) is 13.1. The number of halogens is 1. The molecule has 0 saturated carbocycles. The van der Waals surface area contributed by atoms with Crippen LogP contribution in [0.25, 0.3) is 0 Å². The maximum Gasteiger partial charge on any atom is 0.171 e. The zero-order valence-electron chi connectivity index (χ0n) is 14.4. The van der Waals surface area contributed by atoms with Crippen molar-refractivity contribution in [3.63, 3.8) is 0 Å². The van der Waals surface area contributed by atoms with Crippen LogP contribution in [-0.4, -0.2) is 43.5 Å². The molecule has 1 aliphatic rings. The van der Waals surface area contributed by atoms with Crippen molar-refractivity contribution in [2.24, 2.45) is 0 Å². The molecule has 1 heterocycles. The minimum atomic E-state index is 0.0988. The van der Waals surface area contributed by atoms with Gasteiger partial charge in [0.15, 0.2) is 5.11 Å². The largest absolute Gasteiger partial charge is 0.370 e. The topological polar surface area (TPSA) is 37.7 Å². The van der Waals surface area contributed by atoms with Gasteiger partial charge in [0.2, 0.25) is 0 Å². The van der Waals surface area contributed by atoms with Crippen molar-refractivity contribution in [3.05, 3.63) is 28.3 Å². The monoisotopic (exact) mass is 356 g/mol. The van der Waals surface area contributed by atoms with E-state index in [9.17, 15) is 0 Å². The van der Waals surface area contributed by atoms with Gasteiger partial charge in [0.25, 0.3) is 0 Å². The molecule has 0 aromatic heterocycles. The van der Waals surface area contributed by atoms with Gasteiger partial charge in [-0.2, -0.15) is 0 Å². The average Bonchev–Trinajstić information content (AvgIpc) is 2.50. The lowest BCUT2D eigenvalue weighted by molar-refractivity contribution is -0.954. The van der Waals surface area contributed by atoms with Crippen molar-refractivity contribution >= 4 is 34.6 Å². The van der Waals surface area contributed by atoms with Crippen LogP contribution in [0, 0.1) is 13.8 Å². The molecular formula is C17H27ClN3OS+. The van der Waals surface area contributed by atoms with E-state index in [0.717, 1.165) is 49.7 Å². The van der Waals surface area contributed by atoms with Crippen molar-refractivity contribution in [1.82, 2.24) is 5.32 Å². The van der Waals surface area contributed by atoms with Gasteiger partial charge in [-0.3, -0.25) is 0 Å². The van der Waals surface area contributed by atoms with E-state index in [1.807, 2.05) is 19.9 Å². The first-order chi connectivity index (χ1) is 10.8. The lowest BCUT2D eigenvalue weighted by atomic mass is 10.0. The third-order valence-electron chi connectivity index (χ3n) is 4.41. The van der Waals surface area contributed by atoms with Crippen LogP contribution in [0.4, 0.5) is 5.69 Å². The number of thiocarbonyl (C=S) groups is 1. The van der Waals surface area contributed by atoms with Crippen LogP contribution in [0.5, 0.6) is 0 Å². The Hall–Kier alpha value is -0.880. The fourth-order valence-electron chi connectivity index (χ4n) is 2.95. The SMILES string of the molecule is Cc1cc(C)c(NC(=S)NCC(C)(C)[NH+]2CCOCC2)c(Cl)c1. The smallest absolute Gasteiger partial charge is 0.171 e. The van der Waals surface area contributed by atoms with E-state index in [1.165, 1.54) is 0 Å². The second-order valence-corrected chi connectivity index (χ2v) is 7.66. The molecule has 23 heavy (non-hydrogen) atoms. The fourth-order valence-corrected chi connectivity index (χ4v) is 3.50. The van der Waals surface area contributed by atoms with Gasteiger partial charge < -0.3 is 20.3 Å². The average molecular weight is 357 g/mol. The Morgan fingerprint density at radius 3 is 2.57 bits per heavy atom. The number of benzene rings is 1. The molecule has 128 valence electrons. The highest BCUT2D eigenvalue weighted by atomic mass is 35.5. The lowest BCUT2D eigenvalue weighted by Crippen LogP contribution is -3.22. The molecule has 0 amide bonds. The molecule has 1 aromatic rings. The van der Waals surface area contributed by atoms with E-state index in [4.69, 9.17) is 28.6 Å². The maximum absolute atomic E-state index is 6.32. The van der Waals surface area contributed by atoms with Crippen LogP contribution in [-0.2, 0) is 4.74 Å². The summed E-state index contributed by atoms with van der Waals surface area (Å²) < 4.78 is 5.44. The molecule has 1 saturated heterocycles. The van der Waals surface area contributed by atoms with E-state index in [1.54, 1.807) is 4.90 Å². The van der Waals surface area contributed by atoms with Crippen LogP contribution < -0.4 is 15.5 Å². The molecule has 0 spiro atoms. The minimum Gasteiger partial charge on any atom is -0.370 e. The van der Waals surface area contributed by atoms with Crippen molar-refractivity contribution in [3.8, 4) is 0 Å². The number of anilines is 1. The lowest BCUT2D eigenvalue weighted by Gasteiger charge is -2.37. The highest BCUT2D eigenvalue weighted by Crippen LogP contribution is 2.27.